The second-order valence-electron chi connectivity index (χ2n) is 9.89. The highest BCUT2D eigenvalue weighted by Gasteiger charge is 2.47. The molecular weight excluding hydrogens is 556 g/mol. The quantitative estimate of drug-likeness (QED) is 0.195. The predicted molar refractivity (Wildman–Crippen MR) is 166 cm³/mol. The van der Waals surface area contributed by atoms with Crippen LogP contribution in [-0.4, -0.2) is 58.2 Å². The van der Waals surface area contributed by atoms with Crippen molar-refractivity contribution >= 4 is 29.5 Å². The van der Waals surface area contributed by atoms with Gasteiger partial charge in [0.1, 0.15) is 12.2 Å². The molecule has 220 valence electrons. The third-order valence-electron chi connectivity index (χ3n) is 6.75. The SMILES string of the molecule is CCOC(=O)C1(C[C@@H](OCc2ccccc2)[C@H](OCc2ccccc2)[C@H](O)COCc2ccccc2)SCCCS1. The third kappa shape index (κ3) is 9.87. The molecule has 6 nitrogen and oxygen atoms in total. The topological polar surface area (TPSA) is 74.2 Å². The normalized spacial score (nSPS) is 16.9. The Bertz CT molecular complexity index is 1140. The van der Waals surface area contributed by atoms with Crippen molar-refractivity contribution in [2.75, 3.05) is 24.7 Å². The average Bonchev–Trinajstić information content (AvgIpc) is 3.02. The molecule has 1 fully saturated rings. The van der Waals surface area contributed by atoms with Gasteiger partial charge in [-0.1, -0.05) is 91.0 Å². The van der Waals surface area contributed by atoms with Gasteiger partial charge in [-0.15, -0.1) is 23.5 Å². The number of rotatable bonds is 16. The first-order chi connectivity index (χ1) is 20.1. The number of hydrogen-bond donors (Lipinski definition) is 1. The van der Waals surface area contributed by atoms with Gasteiger partial charge in [0, 0.05) is 6.42 Å². The van der Waals surface area contributed by atoms with E-state index in [1.165, 1.54) is 0 Å². The van der Waals surface area contributed by atoms with Crippen LogP contribution in [0.4, 0.5) is 0 Å². The van der Waals surface area contributed by atoms with Gasteiger partial charge in [-0.2, -0.15) is 0 Å². The van der Waals surface area contributed by atoms with E-state index in [1.807, 2.05) is 97.9 Å². The number of carbonyl (C=O) groups is 1. The smallest absolute Gasteiger partial charge is 0.332 e. The predicted octanol–water partition coefficient (Wildman–Crippen LogP) is 6.25. The Kier molecular flexibility index (Phi) is 13.1. The van der Waals surface area contributed by atoms with E-state index in [9.17, 15) is 9.90 Å². The number of carbonyl (C=O) groups excluding carboxylic acids is 1. The molecule has 0 bridgehead atoms. The molecule has 1 aliphatic heterocycles. The summed E-state index contributed by atoms with van der Waals surface area (Å²) in [7, 11) is 0. The molecule has 0 aromatic heterocycles. The molecule has 3 aromatic rings. The van der Waals surface area contributed by atoms with Crippen LogP contribution >= 0.6 is 23.5 Å². The van der Waals surface area contributed by atoms with Crippen molar-refractivity contribution in [1.29, 1.82) is 0 Å². The van der Waals surface area contributed by atoms with Gasteiger partial charge >= 0.3 is 5.97 Å². The van der Waals surface area contributed by atoms with Crippen LogP contribution in [0.3, 0.4) is 0 Å². The third-order valence-corrected chi connectivity index (χ3v) is 10.0. The Morgan fingerprint density at radius 3 is 1.85 bits per heavy atom. The van der Waals surface area contributed by atoms with Gasteiger partial charge in [-0.05, 0) is 41.5 Å². The lowest BCUT2D eigenvalue weighted by Crippen LogP contribution is -2.49. The zero-order valence-electron chi connectivity index (χ0n) is 23.6. The van der Waals surface area contributed by atoms with E-state index in [-0.39, 0.29) is 12.6 Å². The number of esters is 1. The summed E-state index contributed by atoms with van der Waals surface area (Å²) in [6.45, 7) is 3.18. The summed E-state index contributed by atoms with van der Waals surface area (Å²) in [5.74, 6) is 1.46. The van der Waals surface area contributed by atoms with E-state index in [4.69, 9.17) is 18.9 Å². The fourth-order valence-electron chi connectivity index (χ4n) is 4.65. The van der Waals surface area contributed by atoms with E-state index in [0.717, 1.165) is 34.6 Å². The second kappa shape index (κ2) is 16.9. The van der Waals surface area contributed by atoms with E-state index in [1.54, 1.807) is 23.5 Å². The summed E-state index contributed by atoms with van der Waals surface area (Å²) >= 11 is 3.21. The molecule has 3 atom stereocenters. The van der Waals surface area contributed by atoms with Gasteiger partial charge in [0.15, 0.2) is 4.08 Å². The Hall–Kier alpha value is -2.33. The fourth-order valence-corrected chi connectivity index (χ4v) is 7.82. The van der Waals surface area contributed by atoms with E-state index in [2.05, 4.69) is 0 Å². The van der Waals surface area contributed by atoms with Gasteiger partial charge in [0.25, 0.3) is 0 Å². The first-order valence-corrected chi connectivity index (χ1v) is 16.1. The van der Waals surface area contributed by atoms with Crippen molar-refractivity contribution < 1.29 is 28.8 Å². The summed E-state index contributed by atoms with van der Waals surface area (Å²) < 4.78 is 23.7. The van der Waals surface area contributed by atoms with Gasteiger partial charge < -0.3 is 24.1 Å². The molecule has 0 aliphatic carbocycles. The largest absolute Gasteiger partial charge is 0.464 e. The average molecular weight is 597 g/mol. The highest BCUT2D eigenvalue weighted by atomic mass is 32.2. The summed E-state index contributed by atoms with van der Waals surface area (Å²) in [6.07, 6.45) is -0.971. The number of thioether (sulfide) groups is 2. The molecular formula is C33H40O6S2. The number of benzene rings is 3. The van der Waals surface area contributed by atoms with Crippen LogP contribution in [-0.2, 0) is 43.6 Å². The minimum absolute atomic E-state index is 0.0617. The summed E-state index contributed by atoms with van der Waals surface area (Å²) in [5, 5.41) is 11.5. The van der Waals surface area contributed by atoms with Crippen LogP contribution in [0.15, 0.2) is 91.0 Å². The van der Waals surface area contributed by atoms with Crippen molar-refractivity contribution in [1.82, 2.24) is 0 Å². The van der Waals surface area contributed by atoms with Crippen LogP contribution in [0, 0.1) is 0 Å². The number of aliphatic hydroxyl groups is 1. The lowest BCUT2D eigenvalue weighted by Gasteiger charge is -2.39. The minimum atomic E-state index is -0.985. The summed E-state index contributed by atoms with van der Waals surface area (Å²) in [5.41, 5.74) is 3.01. The van der Waals surface area contributed by atoms with Crippen molar-refractivity contribution in [3.8, 4) is 0 Å². The van der Waals surface area contributed by atoms with E-state index < -0.39 is 22.4 Å². The molecule has 0 spiro atoms. The van der Waals surface area contributed by atoms with Gasteiger partial charge in [-0.25, -0.2) is 4.79 Å². The fraction of sp³-hybridized carbons (Fsp3) is 0.424. The van der Waals surface area contributed by atoms with E-state index in [0.29, 0.717) is 32.8 Å². The second-order valence-corrected chi connectivity index (χ2v) is 12.9. The lowest BCUT2D eigenvalue weighted by molar-refractivity contribution is -0.156. The van der Waals surface area contributed by atoms with Crippen LogP contribution < -0.4 is 0 Å². The molecule has 41 heavy (non-hydrogen) atoms. The maximum absolute atomic E-state index is 13.4. The summed E-state index contributed by atoms with van der Waals surface area (Å²) in [6, 6.07) is 29.6. The first-order valence-electron chi connectivity index (χ1n) is 14.2. The Labute approximate surface area is 252 Å². The molecule has 1 saturated heterocycles. The standard InChI is InChI=1S/C33H40O6S2/c1-2-37-32(35)33(40-19-12-20-41-33)21-30(38-23-27-15-8-4-9-16-27)31(39-24-28-17-10-5-11-18-28)29(34)25-36-22-26-13-6-3-7-14-26/h3-11,13-18,29-31,34H,2,12,19-25H2,1H3/t29-,30-,31-/m1/s1. The van der Waals surface area contributed by atoms with Crippen LogP contribution in [0.25, 0.3) is 0 Å². The molecule has 4 rings (SSSR count). The molecule has 3 aromatic carbocycles. The summed E-state index contributed by atoms with van der Waals surface area (Å²) in [4.78, 5) is 13.4. The van der Waals surface area contributed by atoms with Crippen molar-refractivity contribution in [3.63, 3.8) is 0 Å². The van der Waals surface area contributed by atoms with Crippen molar-refractivity contribution in [3.05, 3.63) is 108 Å². The monoisotopic (exact) mass is 596 g/mol. The van der Waals surface area contributed by atoms with Crippen LogP contribution in [0.2, 0.25) is 0 Å². The number of hydrogen-bond acceptors (Lipinski definition) is 8. The molecule has 1 N–H and O–H groups in total. The van der Waals surface area contributed by atoms with Crippen LogP contribution in [0.1, 0.15) is 36.5 Å². The molecule has 8 heteroatoms. The zero-order chi connectivity index (χ0) is 28.8. The van der Waals surface area contributed by atoms with Crippen LogP contribution in [0.5, 0.6) is 0 Å². The Morgan fingerprint density at radius 2 is 1.32 bits per heavy atom. The first kappa shape index (κ1) is 31.6. The van der Waals surface area contributed by atoms with Gasteiger partial charge in [0.05, 0.1) is 39.1 Å². The molecule has 0 radical (unpaired) electrons. The Morgan fingerprint density at radius 1 is 0.805 bits per heavy atom. The maximum atomic E-state index is 13.4. The van der Waals surface area contributed by atoms with E-state index >= 15 is 0 Å². The zero-order valence-corrected chi connectivity index (χ0v) is 25.2. The molecule has 0 saturated carbocycles. The highest BCUT2D eigenvalue weighted by Crippen LogP contribution is 2.47. The van der Waals surface area contributed by atoms with Gasteiger partial charge in [0.2, 0.25) is 0 Å². The van der Waals surface area contributed by atoms with Gasteiger partial charge in [-0.3, -0.25) is 0 Å². The lowest BCUT2D eigenvalue weighted by atomic mass is 10.0. The molecule has 1 aliphatic rings. The Balaban J connectivity index is 1.58. The number of aliphatic hydroxyl groups excluding tert-OH is 1. The molecule has 0 unspecified atom stereocenters. The number of ether oxygens (including phenoxy) is 4. The van der Waals surface area contributed by atoms with Crippen molar-refractivity contribution in [2.45, 2.75) is 62.0 Å². The minimum Gasteiger partial charge on any atom is -0.464 e. The highest BCUT2D eigenvalue weighted by molar-refractivity contribution is 8.19. The van der Waals surface area contributed by atoms with Crippen molar-refractivity contribution in [2.24, 2.45) is 0 Å². The molecule has 0 amide bonds. The maximum Gasteiger partial charge on any atom is 0.332 e. The molecule has 1 heterocycles.